The average molecular weight is 325 g/mol. The fourth-order valence-corrected chi connectivity index (χ4v) is 3.32. The monoisotopic (exact) mass is 325 g/mol. The first-order valence-corrected chi connectivity index (χ1v) is 8.34. The van der Waals surface area contributed by atoms with Crippen molar-refractivity contribution in [2.24, 2.45) is 0 Å². The number of hydrogen-bond donors (Lipinski definition) is 0. The van der Waals surface area contributed by atoms with Gasteiger partial charge in [0.15, 0.2) is 0 Å². The Morgan fingerprint density at radius 2 is 1.96 bits per heavy atom. The van der Waals surface area contributed by atoms with Gasteiger partial charge in [0.2, 0.25) is 5.91 Å². The second-order valence-corrected chi connectivity index (χ2v) is 6.73. The summed E-state index contributed by atoms with van der Waals surface area (Å²) in [5, 5.41) is 0.933. The number of aromatic nitrogens is 1. The van der Waals surface area contributed by atoms with Gasteiger partial charge in [-0.3, -0.25) is 14.6 Å². The number of nitrogens with zero attached hydrogens (tertiary/aromatic N) is 3. The lowest BCUT2D eigenvalue weighted by atomic mass is 9.95. The predicted molar refractivity (Wildman–Crippen MR) is 93.8 cm³/mol. The van der Waals surface area contributed by atoms with E-state index in [1.54, 1.807) is 15.9 Å². The predicted octanol–water partition coefficient (Wildman–Crippen LogP) is 2.63. The van der Waals surface area contributed by atoms with Crippen molar-refractivity contribution in [3.8, 4) is 0 Å². The van der Waals surface area contributed by atoms with Gasteiger partial charge >= 0.3 is 0 Å². The lowest BCUT2D eigenvalue weighted by Crippen LogP contribution is -2.64. The number of hydrogen-bond acceptors (Lipinski definition) is 3. The molecule has 0 saturated carbocycles. The highest BCUT2D eigenvalue weighted by molar-refractivity contribution is 6.07. The van der Waals surface area contributed by atoms with Crippen molar-refractivity contribution >= 4 is 22.7 Å². The first-order valence-electron chi connectivity index (χ1n) is 8.34. The number of carbonyl (C=O) groups excluding carboxylic acids is 2. The topological polar surface area (TPSA) is 53.5 Å². The van der Waals surface area contributed by atoms with E-state index in [-0.39, 0.29) is 11.8 Å². The van der Waals surface area contributed by atoms with E-state index < -0.39 is 5.54 Å². The van der Waals surface area contributed by atoms with Crippen LogP contribution in [0.3, 0.4) is 0 Å². The molecule has 0 unspecified atom stereocenters. The molecule has 1 aromatic heterocycles. The second-order valence-electron chi connectivity index (χ2n) is 6.73. The van der Waals surface area contributed by atoms with Crippen LogP contribution < -0.4 is 0 Å². The van der Waals surface area contributed by atoms with Crippen LogP contribution in [0.5, 0.6) is 0 Å². The van der Waals surface area contributed by atoms with Gasteiger partial charge in [-0.2, -0.15) is 0 Å². The highest BCUT2D eigenvalue weighted by atomic mass is 16.2. The summed E-state index contributed by atoms with van der Waals surface area (Å²) in [5.41, 5.74) is 1.27. The molecule has 1 saturated heterocycles. The third-order valence-electron chi connectivity index (χ3n) is 4.80. The van der Waals surface area contributed by atoms with Crippen LogP contribution in [-0.4, -0.2) is 51.8 Å². The molecule has 5 heteroatoms. The maximum Gasteiger partial charge on any atom is 0.257 e. The minimum absolute atomic E-state index is 0.00558. The minimum Gasteiger partial charge on any atom is -0.339 e. The zero-order chi connectivity index (χ0) is 17.5. The van der Waals surface area contributed by atoms with Gasteiger partial charge in [0.05, 0.1) is 11.1 Å². The SMILES string of the molecule is CCN1CCN(C(=O)c2cccc3ccc(C)nc23)C(C)(C)C1=O. The van der Waals surface area contributed by atoms with Gasteiger partial charge in [-0.25, -0.2) is 0 Å². The molecule has 126 valence electrons. The number of rotatable bonds is 2. The van der Waals surface area contributed by atoms with E-state index in [2.05, 4.69) is 4.98 Å². The van der Waals surface area contributed by atoms with Crippen LogP contribution in [-0.2, 0) is 4.79 Å². The summed E-state index contributed by atoms with van der Waals surface area (Å²) in [6, 6.07) is 9.52. The summed E-state index contributed by atoms with van der Waals surface area (Å²) in [6.45, 7) is 9.28. The van der Waals surface area contributed by atoms with Crippen molar-refractivity contribution in [2.75, 3.05) is 19.6 Å². The molecule has 0 N–H and O–H groups in total. The Morgan fingerprint density at radius 1 is 1.21 bits per heavy atom. The summed E-state index contributed by atoms with van der Waals surface area (Å²) < 4.78 is 0. The van der Waals surface area contributed by atoms with Crippen LogP contribution >= 0.6 is 0 Å². The largest absolute Gasteiger partial charge is 0.339 e. The van der Waals surface area contributed by atoms with Crippen molar-refractivity contribution in [1.29, 1.82) is 0 Å². The number of piperazine rings is 1. The Kier molecular flexibility index (Phi) is 4.03. The Labute approximate surface area is 142 Å². The van der Waals surface area contributed by atoms with Crippen molar-refractivity contribution in [3.05, 3.63) is 41.6 Å². The van der Waals surface area contributed by atoms with Crippen LogP contribution in [0, 0.1) is 6.92 Å². The van der Waals surface area contributed by atoms with Gasteiger partial charge < -0.3 is 9.80 Å². The van der Waals surface area contributed by atoms with E-state index in [9.17, 15) is 9.59 Å². The fourth-order valence-electron chi connectivity index (χ4n) is 3.32. The average Bonchev–Trinajstić information content (AvgIpc) is 2.56. The molecule has 3 rings (SSSR count). The van der Waals surface area contributed by atoms with Crippen molar-refractivity contribution in [2.45, 2.75) is 33.2 Å². The minimum atomic E-state index is -0.850. The summed E-state index contributed by atoms with van der Waals surface area (Å²) in [4.78, 5) is 33.9. The van der Waals surface area contributed by atoms with Gasteiger partial charge in [0.25, 0.3) is 5.91 Å². The molecule has 0 bridgehead atoms. The zero-order valence-electron chi connectivity index (χ0n) is 14.7. The highest BCUT2D eigenvalue weighted by Crippen LogP contribution is 2.27. The molecule has 0 spiro atoms. The number of pyridine rings is 1. The number of fused-ring (bicyclic) bond motifs is 1. The standard InChI is InChI=1S/C19H23N3O2/c1-5-21-11-12-22(19(3,4)18(21)24)17(23)15-8-6-7-14-10-9-13(2)20-16(14)15/h6-10H,5,11-12H2,1-4H3. The van der Waals surface area contributed by atoms with Gasteiger partial charge in [0.1, 0.15) is 5.54 Å². The second kappa shape index (κ2) is 5.89. The normalized spacial score (nSPS) is 17.4. The van der Waals surface area contributed by atoms with Crippen LogP contribution in [0.2, 0.25) is 0 Å². The molecule has 5 nitrogen and oxygen atoms in total. The van der Waals surface area contributed by atoms with Gasteiger partial charge in [-0.05, 0) is 39.8 Å². The van der Waals surface area contributed by atoms with Gasteiger partial charge in [-0.15, -0.1) is 0 Å². The molecule has 0 radical (unpaired) electrons. The molecular formula is C19H23N3O2. The molecule has 0 atom stereocenters. The van der Waals surface area contributed by atoms with Crippen molar-refractivity contribution < 1.29 is 9.59 Å². The zero-order valence-corrected chi connectivity index (χ0v) is 14.7. The Bertz CT molecular complexity index is 813. The van der Waals surface area contributed by atoms with E-state index in [1.165, 1.54) is 0 Å². The number of amides is 2. The van der Waals surface area contributed by atoms with E-state index >= 15 is 0 Å². The number of benzene rings is 1. The summed E-state index contributed by atoms with van der Waals surface area (Å²) in [5.74, 6) is -0.137. The molecule has 2 heterocycles. The Hall–Kier alpha value is -2.43. The van der Waals surface area contributed by atoms with Crippen molar-refractivity contribution in [1.82, 2.24) is 14.8 Å². The first-order chi connectivity index (χ1) is 11.4. The highest BCUT2D eigenvalue weighted by Gasteiger charge is 2.44. The molecule has 24 heavy (non-hydrogen) atoms. The van der Waals surface area contributed by atoms with Crippen LogP contribution in [0.4, 0.5) is 0 Å². The smallest absolute Gasteiger partial charge is 0.257 e. The molecule has 2 aromatic rings. The van der Waals surface area contributed by atoms with Gasteiger partial charge in [-0.1, -0.05) is 18.2 Å². The molecule has 1 aliphatic heterocycles. The van der Waals surface area contributed by atoms with Crippen molar-refractivity contribution in [3.63, 3.8) is 0 Å². The van der Waals surface area contributed by atoms with Crippen LogP contribution in [0.1, 0.15) is 36.8 Å². The van der Waals surface area contributed by atoms with Gasteiger partial charge in [0, 0.05) is 30.7 Å². The fraction of sp³-hybridized carbons (Fsp3) is 0.421. The molecule has 2 amide bonds. The molecule has 0 aliphatic carbocycles. The molecule has 1 aromatic carbocycles. The number of aryl methyl sites for hydroxylation is 1. The lowest BCUT2D eigenvalue weighted by molar-refractivity contribution is -0.146. The molecule has 1 aliphatic rings. The van der Waals surface area contributed by atoms with Crippen LogP contribution in [0.25, 0.3) is 10.9 Å². The van der Waals surface area contributed by atoms with Crippen LogP contribution in [0.15, 0.2) is 30.3 Å². The lowest BCUT2D eigenvalue weighted by Gasteiger charge is -2.45. The molecule has 1 fully saturated rings. The maximum absolute atomic E-state index is 13.2. The Morgan fingerprint density at radius 3 is 2.67 bits per heavy atom. The third kappa shape index (κ3) is 2.54. The summed E-state index contributed by atoms with van der Waals surface area (Å²) in [7, 11) is 0. The quantitative estimate of drug-likeness (QED) is 0.853. The number of para-hydroxylation sites is 1. The molecular weight excluding hydrogens is 302 g/mol. The Balaban J connectivity index is 2.04. The summed E-state index contributed by atoms with van der Waals surface area (Å²) in [6.07, 6.45) is 0. The van der Waals surface area contributed by atoms with E-state index in [1.807, 2.05) is 52.0 Å². The van der Waals surface area contributed by atoms with E-state index in [4.69, 9.17) is 0 Å². The number of carbonyl (C=O) groups is 2. The summed E-state index contributed by atoms with van der Waals surface area (Å²) >= 11 is 0. The van der Waals surface area contributed by atoms with E-state index in [0.717, 1.165) is 11.1 Å². The number of likely N-dealkylation sites (N-methyl/N-ethyl adjacent to an activating group) is 1. The third-order valence-corrected chi connectivity index (χ3v) is 4.80. The van der Waals surface area contributed by atoms with E-state index in [0.29, 0.717) is 30.7 Å². The maximum atomic E-state index is 13.2. The first kappa shape index (κ1) is 16.4.